The maximum atomic E-state index is 12.9. The molecule has 0 aliphatic carbocycles. The number of para-hydroxylation sites is 1. The molecule has 1 aliphatic rings. The fraction of sp³-hybridized carbons (Fsp3) is 0.550. The molecule has 0 spiro atoms. The number of nitrogens with one attached hydrogen (secondary N) is 1. The monoisotopic (exact) mass is 358 g/mol. The number of rotatable bonds is 6. The van der Waals surface area contributed by atoms with Crippen molar-refractivity contribution in [2.75, 3.05) is 32.8 Å². The third-order valence-electron chi connectivity index (χ3n) is 5.08. The number of hydrogen-bond donors (Lipinski definition) is 1. The van der Waals surface area contributed by atoms with Gasteiger partial charge in [-0.1, -0.05) is 18.2 Å². The molecule has 142 valence electrons. The third kappa shape index (κ3) is 4.09. The highest BCUT2D eigenvalue weighted by Gasteiger charge is 2.26. The van der Waals surface area contributed by atoms with Crippen LogP contribution in [0.25, 0.3) is 5.69 Å². The molecule has 0 atom stereocenters. The first-order chi connectivity index (χ1) is 12.4. The summed E-state index contributed by atoms with van der Waals surface area (Å²) < 4.78 is 9.41. The second-order valence-electron chi connectivity index (χ2n) is 7.60. The van der Waals surface area contributed by atoms with E-state index >= 15 is 0 Å². The first-order valence-corrected chi connectivity index (χ1v) is 9.29. The molecule has 1 N–H and O–H groups in total. The quantitative estimate of drug-likeness (QED) is 0.799. The highest BCUT2D eigenvalue weighted by molar-refractivity contribution is 5.33. The molecule has 1 saturated heterocycles. The Morgan fingerprint density at radius 2 is 1.96 bits per heavy atom. The Bertz CT molecular complexity index is 792. The zero-order chi connectivity index (χ0) is 18.7. The van der Waals surface area contributed by atoms with Crippen molar-refractivity contribution in [3.63, 3.8) is 0 Å². The molecule has 0 amide bonds. The maximum Gasteiger partial charge on any atom is 0.276 e. The van der Waals surface area contributed by atoms with E-state index in [0.717, 1.165) is 49.7 Å². The molecular weight excluding hydrogens is 328 g/mol. The predicted molar refractivity (Wildman–Crippen MR) is 104 cm³/mol. The van der Waals surface area contributed by atoms with Gasteiger partial charge in [-0.25, -0.2) is 4.68 Å². The van der Waals surface area contributed by atoms with E-state index in [2.05, 4.69) is 24.1 Å². The largest absolute Gasteiger partial charge is 0.373 e. The van der Waals surface area contributed by atoms with Crippen LogP contribution in [0.4, 0.5) is 0 Å². The Morgan fingerprint density at radius 1 is 1.23 bits per heavy atom. The summed E-state index contributed by atoms with van der Waals surface area (Å²) in [5.74, 6) is 0. The van der Waals surface area contributed by atoms with Crippen molar-refractivity contribution in [2.45, 2.75) is 32.9 Å². The van der Waals surface area contributed by atoms with Crippen molar-refractivity contribution in [2.24, 2.45) is 7.05 Å². The molecule has 2 aromatic rings. The van der Waals surface area contributed by atoms with Crippen LogP contribution in [-0.4, -0.2) is 52.7 Å². The lowest BCUT2D eigenvalue weighted by molar-refractivity contribution is -0.0854. The number of morpholine rings is 1. The van der Waals surface area contributed by atoms with E-state index in [4.69, 9.17) is 4.74 Å². The van der Waals surface area contributed by atoms with Crippen LogP contribution in [-0.2, 0) is 18.3 Å². The minimum Gasteiger partial charge on any atom is -0.373 e. The Balaban J connectivity index is 1.61. The Morgan fingerprint density at radius 3 is 2.65 bits per heavy atom. The summed E-state index contributed by atoms with van der Waals surface area (Å²) >= 11 is 0. The molecule has 0 unspecified atom stereocenters. The second-order valence-corrected chi connectivity index (χ2v) is 7.60. The molecule has 3 rings (SSSR count). The summed E-state index contributed by atoms with van der Waals surface area (Å²) in [6.45, 7) is 11.4. The van der Waals surface area contributed by atoms with Crippen LogP contribution >= 0.6 is 0 Å². The number of hydrogen-bond acceptors (Lipinski definition) is 4. The van der Waals surface area contributed by atoms with Crippen molar-refractivity contribution >= 4 is 0 Å². The van der Waals surface area contributed by atoms with Gasteiger partial charge in [-0.05, 0) is 32.9 Å². The van der Waals surface area contributed by atoms with Crippen molar-refractivity contribution in [1.29, 1.82) is 0 Å². The molecule has 26 heavy (non-hydrogen) atoms. The van der Waals surface area contributed by atoms with Crippen LogP contribution in [0.3, 0.4) is 0 Å². The van der Waals surface area contributed by atoms with Gasteiger partial charge in [0.1, 0.15) is 0 Å². The van der Waals surface area contributed by atoms with Crippen LogP contribution in [0, 0.1) is 6.92 Å². The highest BCUT2D eigenvalue weighted by atomic mass is 16.5. The minimum absolute atomic E-state index is 0.0520. The minimum atomic E-state index is -0.0717. The van der Waals surface area contributed by atoms with E-state index in [1.54, 1.807) is 4.68 Å². The Hall–Kier alpha value is -1.89. The van der Waals surface area contributed by atoms with Crippen LogP contribution in [0.2, 0.25) is 0 Å². The smallest absolute Gasteiger partial charge is 0.276 e. The van der Waals surface area contributed by atoms with Gasteiger partial charge in [0.15, 0.2) is 0 Å². The van der Waals surface area contributed by atoms with E-state index in [1.165, 1.54) is 0 Å². The summed E-state index contributed by atoms with van der Waals surface area (Å²) in [5, 5.41) is 3.44. The van der Waals surface area contributed by atoms with E-state index in [-0.39, 0.29) is 11.2 Å². The van der Waals surface area contributed by atoms with Crippen molar-refractivity contribution in [1.82, 2.24) is 19.6 Å². The average Bonchev–Trinajstić information content (AvgIpc) is 2.81. The summed E-state index contributed by atoms with van der Waals surface area (Å²) in [7, 11) is 1.93. The Kier molecular flexibility index (Phi) is 5.65. The first-order valence-electron chi connectivity index (χ1n) is 9.29. The van der Waals surface area contributed by atoms with Gasteiger partial charge < -0.3 is 10.1 Å². The van der Waals surface area contributed by atoms with Crippen molar-refractivity contribution < 1.29 is 4.74 Å². The van der Waals surface area contributed by atoms with Crippen molar-refractivity contribution in [3.8, 4) is 5.69 Å². The fourth-order valence-electron chi connectivity index (χ4n) is 3.58. The van der Waals surface area contributed by atoms with Gasteiger partial charge in [0, 0.05) is 45.5 Å². The zero-order valence-corrected chi connectivity index (χ0v) is 16.3. The third-order valence-corrected chi connectivity index (χ3v) is 5.08. The summed E-state index contributed by atoms with van der Waals surface area (Å²) in [6, 6.07) is 9.77. The van der Waals surface area contributed by atoms with E-state index in [0.29, 0.717) is 6.54 Å². The van der Waals surface area contributed by atoms with Crippen LogP contribution in [0.1, 0.15) is 25.1 Å². The normalized spacial score (nSPS) is 17.5. The van der Waals surface area contributed by atoms with Crippen molar-refractivity contribution in [3.05, 3.63) is 51.9 Å². The highest BCUT2D eigenvalue weighted by Crippen LogP contribution is 2.15. The predicted octanol–water partition coefficient (Wildman–Crippen LogP) is 1.68. The lowest BCUT2D eigenvalue weighted by atomic mass is 10.1. The molecule has 1 fully saturated rings. The number of aromatic nitrogens is 2. The molecule has 0 bridgehead atoms. The number of benzene rings is 1. The van der Waals surface area contributed by atoms with E-state index in [1.807, 2.05) is 49.0 Å². The summed E-state index contributed by atoms with van der Waals surface area (Å²) in [6.07, 6.45) is 0. The van der Waals surface area contributed by atoms with Gasteiger partial charge in [0.25, 0.3) is 5.56 Å². The van der Waals surface area contributed by atoms with Gasteiger partial charge in [0.05, 0.1) is 23.5 Å². The lowest BCUT2D eigenvalue weighted by Crippen LogP contribution is -2.49. The van der Waals surface area contributed by atoms with E-state index < -0.39 is 0 Å². The summed E-state index contributed by atoms with van der Waals surface area (Å²) in [5.41, 5.74) is 2.70. The van der Waals surface area contributed by atoms with Gasteiger partial charge in [-0.3, -0.25) is 14.4 Å². The molecule has 0 radical (unpaired) electrons. The molecule has 2 heterocycles. The summed E-state index contributed by atoms with van der Waals surface area (Å²) in [4.78, 5) is 15.3. The fourth-order valence-corrected chi connectivity index (χ4v) is 3.58. The van der Waals surface area contributed by atoms with Crippen LogP contribution in [0.15, 0.2) is 35.1 Å². The molecule has 0 saturated carbocycles. The molecule has 6 heteroatoms. The zero-order valence-electron chi connectivity index (χ0n) is 16.3. The lowest BCUT2D eigenvalue weighted by Gasteiger charge is -2.38. The maximum absolute atomic E-state index is 12.9. The SMILES string of the molecule is Cc1c(CNCCN2CCOC(C)(C)C2)c(=O)n(-c2ccccc2)n1C. The molecule has 1 aliphatic heterocycles. The molecule has 1 aromatic carbocycles. The topological polar surface area (TPSA) is 51.4 Å². The van der Waals surface area contributed by atoms with Gasteiger partial charge >= 0.3 is 0 Å². The first kappa shape index (κ1) is 18.9. The van der Waals surface area contributed by atoms with Gasteiger partial charge in [-0.15, -0.1) is 0 Å². The molecule has 6 nitrogen and oxygen atoms in total. The second kappa shape index (κ2) is 7.78. The standard InChI is InChI=1S/C20H30N4O2/c1-16-18(14-21-10-11-23-12-13-26-20(2,3)15-23)19(25)24(22(16)4)17-8-6-5-7-9-17/h5-9,21H,10-15H2,1-4H3. The Labute approximate surface area is 155 Å². The van der Waals surface area contributed by atoms with Gasteiger partial charge in [0.2, 0.25) is 0 Å². The van der Waals surface area contributed by atoms with Crippen LogP contribution < -0.4 is 10.9 Å². The number of ether oxygens (including phenoxy) is 1. The van der Waals surface area contributed by atoms with E-state index in [9.17, 15) is 4.79 Å². The number of nitrogens with zero attached hydrogens (tertiary/aromatic N) is 3. The van der Waals surface area contributed by atoms with Crippen LogP contribution in [0.5, 0.6) is 0 Å². The molecular formula is C20H30N4O2. The van der Waals surface area contributed by atoms with Gasteiger partial charge in [-0.2, -0.15) is 0 Å². The average molecular weight is 358 g/mol. The molecule has 1 aromatic heterocycles.